The summed E-state index contributed by atoms with van der Waals surface area (Å²) >= 11 is 0. The van der Waals surface area contributed by atoms with Crippen LogP contribution in [-0.2, 0) is 6.42 Å². The van der Waals surface area contributed by atoms with E-state index >= 15 is 0 Å². The summed E-state index contributed by atoms with van der Waals surface area (Å²) in [5, 5.41) is 0. The number of nitrogens with two attached hydrogens (primary N) is 1. The maximum Gasteiger partial charge on any atom is 0.0299 e. The maximum atomic E-state index is 6.16. The third kappa shape index (κ3) is 8.77. The van der Waals surface area contributed by atoms with Gasteiger partial charge in [-0.3, -0.25) is 4.98 Å². The number of aromatic nitrogens is 1. The van der Waals surface area contributed by atoms with E-state index in [1.807, 2.05) is 18.5 Å². The highest BCUT2D eigenvalue weighted by molar-refractivity contribution is 5.08. The van der Waals surface area contributed by atoms with Crippen molar-refractivity contribution < 1.29 is 0 Å². The van der Waals surface area contributed by atoms with Crippen LogP contribution in [0, 0.1) is 0 Å². The molecule has 0 aliphatic rings. The number of hydrogen-bond acceptors (Lipinski definition) is 2. The molecule has 19 heavy (non-hydrogen) atoms. The second kappa shape index (κ2) is 11.0. The minimum absolute atomic E-state index is 0.357. The van der Waals surface area contributed by atoms with E-state index in [1.54, 1.807) is 0 Å². The van der Waals surface area contributed by atoms with Gasteiger partial charge in [0.15, 0.2) is 0 Å². The van der Waals surface area contributed by atoms with E-state index in [9.17, 15) is 0 Å². The lowest BCUT2D eigenvalue weighted by molar-refractivity contribution is 0.509. The third-order valence-corrected chi connectivity index (χ3v) is 3.71. The summed E-state index contributed by atoms with van der Waals surface area (Å²) in [5.41, 5.74) is 7.47. The summed E-state index contributed by atoms with van der Waals surface area (Å²) in [6.07, 6.45) is 16.6. The van der Waals surface area contributed by atoms with E-state index < -0.39 is 0 Å². The highest BCUT2D eigenvalue weighted by Crippen LogP contribution is 2.11. The van der Waals surface area contributed by atoms with Crippen LogP contribution in [-0.4, -0.2) is 11.0 Å². The lowest BCUT2D eigenvalue weighted by atomic mass is 10.0. The quantitative estimate of drug-likeness (QED) is 0.597. The topological polar surface area (TPSA) is 38.9 Å². The average molecular weight is 262 g/mol. The zero-order valence-electron chi connectivity index (χ0n) is 12.5. The van der Waals surface area contributed by atoms with Gasteiger partial charge in [0, 0.05) is 18.4 Å². The largest absolute Gasteiger partial charge is 0.328 e. The zero-order valence-corrected chi connectivity index (χ0v) is 12.5. The SMILES string of the molecule is CCCCCCCCCC(N)CCc1cccnc1. The van der Waals surface area contributed by atoms with Gasteiger partial charge in [-0.2, -0.15) is 0 Å². The predicted molar refractivity (Wildman–Crippen MR) is 83.1 cm³/mol. The molecule has 1 rings (SSSR count). The van der Waals surface area contributed by atoms with Crippen LogP contribution in [0.4, 0.5) is 0 Å². The minimum Gasteiger partial charge on any atom is -0.328 e. The molecule has 108 valence electrons. The van der Waals surface area contributed by atoms with Gasteiger partial charge in [-0.25, -0.2) is 0 Å². The fourth-order valence-corrected chi connectivity index (χ4v) is 2.41. The molecule has 0 aliphatic heterocycles. The summed E-state index contributed by atoms with van der Waals surface area (Å²) in [6, 6.07) is 4.49. The number of hydrogen-bond donors (Lipinski definition) is 1. The monoisotopic (exact) mass is 262 g/mol. The van der Waals surface area contributed by atoms with E-state index in [4.69, 9.17) is 5.73 Å². The Labute approximate surface area is 118 Å². The smallest absolute Gasteiger partial charge is 0.0299 e. The van der Waals surface area contributed by atoms with Gasteiger partial charge in [0.1, 0.15) is 0 Å². The standard InChI is InChI=1S/C17H30N2/c1-2-3-4-5-6-7-8-11-17(18)13-12-16-10-9-14-19-15-16/h9-10,14-15,17H,2-8,11-13,18H2,1H3. The Balaban J connectivity index is 1.95. The number of aryl methyl sites for hydroxylation is 1. The molecular formula is C17H30N2. The van der Waals surface area contributed by atoms with Gasteiger partial charge >= 0.3 is 0 Å². The fourth-order valence-electron chi connectivity index (χ4n) is 2.41. The average Bonchev–Trinajstić information content (AvgIpc) is 2.45. The molecule has 0 spiro atoms. The molecule has 1 atom stereocenters. The van der Waals surface area contributed by atoms with Crippen LogP contribution in [0.3, 0.4) is 0 Å². The fraction of sp³-hybridized carbons (Fsp3) is 0.706. The van der Waals surface area contributed by atoms with Crippen molar-refractivity contribution in [3.05, 3.63) is 30.1 Å². The Kier molecular flexibility index (Phi) is 9.34. The third-order valence-electron chi connectivity index (χ3n) is 3.71. The first-order valence-electron chi connectivity index (χ1n) is 7.97. The van der Waals surface area contributed by atoms with Crippen molar-refractivity contribution in [3.8, 4) is 0 Å². The summed E-state index contributed by atoms with van der Waals surface area (Å²) in [7, 11) is 0. The van der Waals surface area contributed by atoms with Crippen LogP contribution >= 0.6 is 0 Å². The van der Waals surface area contributed by atoms with Crippen molar-refractivity contribution in [2.24, 2.45) is 5.73 Å². The van der Waals surface area contributed by atoms with Gasteiger partial charge in [-0.15, -0.1) is 0 Å². The van der Waals surface area contributed by atoms with E-state index in [0.29, 0.717) is 6.04 Å². The normalized spacial score (nSPS) is 12.5. The van der Waals surface area contributed by atoms with E-state index in [1.165, 1.54) is 56.9 Å². The van der Waals surface area contributed by atoms with Crippen molar-refractivity contribution in [2.45, 2.75) is 77.2 Å². The first kappa shape index (κ1) is 16.2. The van der Waals surface area contributed by atoms with Gasteiger partial charge < -0.3 is 5.73 Å². The van der Waals surface area contributed by atoms with Crippen LogP contribution in [0.25, 0.3) is 0 Å². The molecule has 0 saturated carbocycles. The molecule has 1 heterocycles. The molecule has 0 aromatic carbocycles. The molecule has 2 N–H and O–H groups in total. The highest BCUT2D eigenvalue weighted by Gasteiger charge is 2.03. The summed E-state index contributed by atoms with van der Waals surface area (Å²) < 4.78 is 0. The highest BCUT2D eigenvalue weighted by atomic mass is 14.6. The molecule has 0 fully saturated rings. The van der Waals surface area contributed by atoms with Crippen LogP contribution in [0.5, 0.6) is 0 Å². The molecule has 0 bridgehead atoms. The van der Waals surface area contributed by atoms with Crippen molar-refractivity contribution in [1.29, 1.82) is 0 Å². The van der Waals surface area contributed by atoms with Gasteiger partial charge in [-0.1, -0.05) is 57.9 Å². The molecule has 0 aliphatic carbocycles. The van der Waals surface area contributed by atoms with Crippen LogP contribution in [0.2, 0.25) is 0 Å². The second-order valence-electron chi connectivity index (χ2n) is 5.57. The maximum absolute atomic E-state index is 6.16. The van der Waals surface area contributed by atoms with Crippen molar-refractivity contribution in [1.82, 2.24) is 4.98 Å². The molecule has 2 heteroatoms. The Bertz CT molecular complexity index is 297. The Hall–Kier alpha value is -0.890. The lowest BCUT2D eigenvalue weighted by Gasteiger charge is -2.11. The van der Waals surface area contributed by atoms with Crippen molar-refractivity contribution in [2.75, 3.05) is 0 Å². The Morgan fingerprint density at radius 2 is 1.79 bits per heavy atom. The van der Waals surface area contributed by atoms with Gasteiger partial charge in [0.2, 0.25) is 0 Å². The number of rotatable bonds is 11. The predicted octanol–water partition coefficient (Wildman–Crippen LogP) is 4.48. The first-order chi connectivity index (χ1) is 9.33. The molecule has 0 amide bonds. The van der Waals surface area contributed by atoms with Gasteiger partial charge in [-0.05, 0) is 30.9 Å². The molecule has 1 unspecified atom stereocenters. The van der Waals surface area contributed by atoms with Gasteiger partial charge in [0.05, 0.1) is 0 Å². The summed E-state index contributed by atoms with van der Waals surface area (Å²) in [4.78, 5) is 4.13. The van der Waals surface area contributed by atoms with Crippen molar-refractivity contribution in [3.63, 3.8) is 0 Å². The molecule has 2 nitrogen and oxygen atoms in total. The van der Waals surface area contributed by atoms with E-state index in [-0.39, 0.29) is 0 Å². The van der Waals surface area contributed by atoms with E-state index in [2.05, 4.69) is 18.0 Å². The summed E-state index contributed by atoms with van der Waals surface area (Å²) in [5.74, 6) is 0. The second-order valence-corrected chi connectivity index (χ2v) is 5.57. The lowest BCUT2D eigenvalue weighted by Crippen LogP contribution is -2.20. The first-order valence-corrected chi connectivity index (χ1v) is 7.97. The molecule has 0 saturated heterocycles. The Morgan fingerprint density at radius 1 is 1.05 bits per heavy atom. The molecule has 1 aromatic rings. The van der Waals surface area contributed by atoms with E-state index in [0.717, 1.165) is 12.8 Å². The summed E-state index contributed by atoms with van der Waals surface area (Å²) in [6.45, 7) is 2.27. The number of unbranched alkanes of at least 4 members (excludes halogenated alkanes) is 6. The minimum atomic E-state index is 0.357. The Morgan fingerprint density at radius 3 is 2.47 bits per heavy atom. The van der Waals surface area contributed by atoms with Crippen LogP contribution in [0.1, 0.15) is 70.3 Å². The molecule has 0 radical (unpaired) electrons. The number of pyridine rings is 1. The van der Waals surface area contributed by atoms with Crippen LogP contribution < -0.4 is 5.73 Å². The van der Waals surface area contributed by atoms with Crippen molar-refractivity contribution >= 4 is 0 Å². The zero-order chi connectivity index (χ0) is 13.8. The van der Waals surface area contributed by atoms with Gasteiger partial charge in [0.25, 0.3) is 0 Å². The molecule has 1 aromatic heterocycles. The van der Waals surface area contributed by atoms with Crippen LogP contribution in [0.15, 0.2) is 24.5 Å². The number of nitrogens with zero attached hydrogens (tertiary/aromatic N) is 1. The molecular weight excluding hydrogens is 232 g/mol.